The predicted molar refractivity (Wildman–Crippen MR) is 69.6 cm³/mol. The van der Waals surface area contributed by atoms with Crippen molar-refractivity contribution in [3.63, 3.8) is 0 Å². The first-order valence-electron chi connectivity index (χ1n) is 6.26. The van der Waals surface area contributed by atoms with Gasteiger partial charge in [0.25, 0.3) is 0 Å². The van der Waals surface area contributed by atoms with Crippen molar-refractivity contribution in [1.29, 1.82) is 0 Å². The predicted octanol–water partition coefficient (Wildman–Crippen LogP) is 2.07. The highest BCUT2D eigenvalue weighted by Crippen LogP contribution is 2.13. The van der Waals surface area contributed by atoms with Crippen molar-refractivity contribution in [2.75, 3.05) is 13.2 Å². The third-order valence-corrected chi connectivity index (χ3v) is 2.91. The fourth-order valence-electron chi connectivity index (χ4n) is 1.91. The van der Waals surface area contributed by atoms with Crippen LogP contribution in [0, 0.1) is 0 Å². The minimum atomic E-state index is -1.11. The van der Waals surface area contributed by atoms with Gasteiger partial charge in [0, 0.05) is 11.1 Å². The molecule has 2 rings (SSSR count). The summed E-state index contributed by atoms with van der Waals surface area (Å²) >= 11 is 0. The van der Waals surface area contributed by atoms with Gasteiger partial charge in [0.1, 0.15) is 0 Å². The Hall–Kier alpha value is -2.54. The van der Waals surface area contributed by atoms with Crippen LogP contribution in [0.1, 0.15) is 32.2 Å². The minimum Gasteiger partial charge on any atom is -0.475 e. The Morgan fingerprint density at radius 2 is 1.33 bits per heavy atom. The van der Waals surface area contributed by atoms with Gasteiger partial charge in [-0.25, -0.2) is 9.59 Å². The fraction of sp³-hybridized carbons (Fsp3) is 0.286. The number of carboxylic acid groups (broad SMARTS) is 2. The maximum atomic E-state index is 10.8. The summed E-state index contributed by atoms with van der Waals surface area (Å²) in [6.07, 6.45) is 3.47. The van der Waals surface area contributed by atoms with Crippen molar-refractivity contribution in [3.8, 4) is 0 Å². The van der Waals surface area contributed by atoms with Gasteiger partial charge in [-0.1, -0.05) is 0 Å². The smallest absolute Gasteiger partial charge is 0.372 e. The second-order valence-electron chi connectivity index (χ2n) is 4.27. The van der Waals surface area contributed by atoms with Gasteiger partial charge in [0.2, 0.25) is 11.5 Å². The molecule has 2 N–H and O–H groups in total. The molecule has 0 bridgehead atoms. The van der Waals surface area contributed by atoms with Crippen molar-refractivity contribution < 1.29 is 33.4 Å². The summed E-state index contributed by atoms with van der Waals surface area (Å²) in [5.41, 5.74) is 1.13. The van der Waals surface area contributed by atoms with Gasteiger partial charge >= 0.3 is 11.9 Å². The van der Waals surface area contributed by atoms with E-state index >= 15 is 0 Å². The van der Waals surface area contributed by atoms with Crippen LogP contribution in [0.2, 0.25) is 0 Å². The molecule has 0 saturated carbocycles. The van der Waals surface area contributed by atoms with Gasteiger partial charge in [-0.15, -0.1) is 0 Å². The molecule has 0 unspecified atom stereocenters. The number of rotatable bonds is 8. The third-order valence-electron chi connectivity index (χ3n) is 2.91. The summed E-state index contributed by atoms with van der Waals surface area (Å²) in [7, 11) is 0. The molecule has 0 aliphatic heterocycles. The maximum absolute atomic E-state index is 10.8. The van der Waals surface area contributed by atoms with Crippen molar-refractivity contribution in [2.45, 2.75) is 12.8 Å². The van der Waals surface area contributed by atoms with Crippen LogP contribution in [0.25, 0.3) is 0 Å². The van der Waals surface area contributed by atoms with Crippen LogP contribution in [-0.2, 0) is 17.6 Å². The summed E-state index contributed by atoms with van der Waals surface area (Å²) in [4.78, 5) is 21.7. The first-order chi connectivity index (χ1) is 10.1. The molecule has 0 amide bonds. The minimum absolute atomic E-state index is 0.0819. The molecule has 0 fully saturated rings. The van der Waals surface area contributed by atoms with E-state index in [1.54, 1.807) is 12.1 Å². The van der Waals surface area contributed by atoms with Gasteiger partial charge in [0.15, 0.2) is 0 Å². The molecule has 0 aromatic carbocycles. The first-order valence-corrected chi connectivity index (χ1v) is 6.26. The molecule has 0 aliphatic rings. The number of ether oxygens (including phenoxy) is 1. The van der Waals surface area contributed by atoms with Gasteiger partial charge < -0.3 is 23.8 Å². The first kappa shape index (κ1) is 14.9. The average molecular weight is 294 g/mol. The molecule has 0 aliphatic carbocycles. The number of carbonyl (C=O) groups is 2. The highest BCUT2D eigenvalue weighted by molar-refractivity contribution is 5.86. The number of aromatic carboxylic acids is 2. The highest BCUT2D eigenvalue weighted by Gasteiger charge is 2.14. The van der Waals surface area contributed by atoms with Gasteiger partial charge in [-0.05, 0) is 25.0 Å². The van der Waals surface area contributed by atoms with Crippen molar-refractivity contribution >= 4 is 11.9 Å². The molecule has 0 saturated heterocycles. The lowest BCUT2D eigenvalue weighted by Crippen LogP contribution is -2.07. The van der Waals surface area contributed by atoms with E-state index in [0.717, 1.165) is 0 Å². The van der Waals surface area contributed by atoms with E-state index in [0.29, 0.717) is 37.2 Å². The zero-order chi connectivity index (χ0) is 15.2. The topological polar surface area (TPSA) is 110 Å². The Morgan fingerprint density at radius 3 is 1.71 bits per heavy atom. The van der Waals surface area contributed by atoms with E-state index < -0.39 is 11.9 Å². The lowest BCUT2D eigenvalue weighted by molar-refractivity contribution is 0.0651. The Morgan fingerprint density at radius 1 is 0.905 bits per heavy atom. The molecule has 112 valence electrons. The van der Waals surface area contributed by atoms with Crippen LogP contribution < -0.4 is 0 Å². The van der Waals surface area contributed by atoms with Gasteiger partial charge in [-0.3, -0.25) is 0 Å². The standard InChI is InChI=1S/C14H14O7/c15-13(16)11-9(3-7-20-11)1-5-19-6-2-10-4-8-21-12(10)14(17)18/h3-4,7-8H,1-2,5-6H2,(H,15,16)(H,17,18). The van der Waals surface area contributed by atoms with Crippen LogP contribution in [-0.4, -0.2) is 35.4 Å². The van der Waals surface area contributed by atoms with Crippen molar-refractivity contribution in [1.82, 2.24) is 0 Å². The second-order valence-corrected chi connectivity index (χ2v) is 4.27. The lowest BCUT2D eigenvalue weighted by atomic mass is 10.2. The third kappa shape index (κ3) is 3.73. The number of furan rings is 2. The quantitative estimate of drug-likeness (QED) is 0.717. The Labute approximate surface area is 119 Å². The summed E-state index contributed by atoms with van der Waals surface area (Å²) < 4.78 is 15.1. The van der Waals surface area contributed by atoms with Crippen LogP contribution >= 0.6 is 0 Å². The summed E-state index contributed by atoms with van der Waals surface area (Å²) in [6.45, 7) is 0.639. The molecule has 2 aromatic heterocycles. The molecule has 2 heterocycles. The van der Waals surface area contributed by atoms with Crippen LogP contribution in [0.15, 0.2) is 33.5 Å². The largest absolute Gasteiger partial charge is 0.475 e. The summed E-state index contributed by atoms with van der Waals surface area (Å²) in [6, 6.07) is 3.18. The normalized spacial score (nSPS) is 10.7. The SMILES string of the molecule is O=C(O)c1occc1CCOCCc1ccoc1C(=O)O. The number of hydrogen-bond donors (Lipinski definition) is 2. The number of hydrogen-bond acceptors (Lipinski definition) is 5. The lowest BCUT2D eigenvalue weighted by Gasteiger charge is -2.03. The summed E-state index contributed by atoms with van der Waals surface area (Å²) in [5, 5.41) is 17.7. The Kier molecular flexibility index (Phi) is 4.78. The van der Waals surface area contributed by atoms with Crippen LogP contribution in [0.4, 0.5) is 0 Å². The Bertz CT molecular complexity index is 569. The molecule has 0 atom stereocenters. The van der Waals surface area contributed by atoms with E-state index in [-0.39, 0.29) is 11.5 Å². The molecular weight excluding hydrogens is 280 g/mol. The Balaban J connectivity index is 1.75. The van der Waals surface area contributed by atoms with E-state index in [2.05, 4.69) is 0 Å². The molecular formula is C14H14O7. The second kappa shape index (κ2) is 6.76. The zero-order valence-corrected chi connectivity index (χ0v) is 11.1. The number of carboxylic acids is 2. The van der Waals surface area contributed by atoms with Gasteiger partial charge in [-0.2, -0.15) is 0 Å². The monoisotopic (exact) mass is 294 g/mol. The maximum Gasteiger partial charge on any atom is 0.372 e. The zero-order valence-electron chi connectivity index (χ0n) is 11.1. The summed E-state index contributed by atoms with van der Waals surface area (Å²) in [5.74, 6) is -2.39. The average Bonchev–Trinajstić information content (AvgIpc) is 3.06. The highest BCUT2D eigenvalue weighted by atomic mass is 16.5. The van der Waals surface area contributed by atoms with Crippen LogP contribution in [0.3, 0.4) is 0 Å². The molecule has 0 radical (unpaired) electrons. The van der Waals surface area contributed by atoms with E-state index in [9.17, 15) is 9.59 Å². The molecule has 0 spiro atoms. The van der Waals surface area contributed by atoms with E-state index in [1.807, 2.05) is 0 Å². The van der Waals surface area contributed by atoms with Crippen molar-refractivity contribution in [3.05, 3.63) is 47.3 Å². The van der Waals surface area contributed by atoms with Crippen molar-refractivity contribution in [2.24, 2.45) is 0 Å². The molecule has 2 aromatic rings. The van der Waals surface area contributed by atoms with Gasteiger partial charge in [0.05, 0.1) is 25.7 Å². The van der Waals surface area contributed by atoms with E-state index in [4.69, 9.17) is 23.8 Å². The molecule has 7 nitrogen and oxygen atoms in total. The molecule has 7 heteroatoms. The fourth-order valence-corrected chi connectivity index (χ4v) is 1.91. The van der Waals surface area contributed by atoms with Crippen LogP contribution in [0.5, 0.6) is 0 Å². The van der Waals surface area contributed by atoms with E-state index in [1.165, 1.54) is 12.5 Å². The molecule has 21 heavy (non-hydrogen) atoms.